The Morgan fingerprint density at radius 2 is 2.00 bits per heavy atom. The van der Waals surface area contributed by atoms with Crippen LogP contribution >= 0.6 is 0 Å². The average Bonchev–Trinajstić information content (AvgIpc) is 2.58. The third-order valence-corrected chi connectivity index (χ3v) is 2.57. The summed E-state index contributed by atoms with van der Waals surface area (Å²) in [6, 6.07) is 2.18. The summed E-state index contributed by atoms with van der Waals surface area (Å²) >= 11 is 0. The number of hydrogen-bond acceptors (Lipinski definition) is 2. The first kappa shape index (κ1) is 13.2. The molecule has 1 aromatic heterocycles. The summed E-state index contributed by atoms with van der Waals surface area (Å²) in [5, 5.41) is 13.6. The van der Waals surface area contributed by atoms with Crippen molar-refractivity contribution in [1.82, 2.24) is 9.78 Å². The molecule has 0 amide bonds. The van der Waals surface area contributed by atoms with Gasteiger partial charge in [0.2, 0.25) is 0 Å². The van der Waals surface area contributed by atoms with Gasteiger partial charge in [-0.15, -0.1) is 0 Å². The Kier molecular flexibility index (Phi) is 4.54. The minimum absolute atomic E-state index is 0.0246. The van der Waals surface area contributed by atoms with E-state index in [0.29, 0.717) is 0 Å². The molecular formula is C13H24N2O. The van der Waals surface area contributed by atoms with Gasteiger partial charge in [0.25, 0.3) is 0 Å². The van der Waals surface area contributed by atoms with E-state index in [1.165, 1.54) is 11.4 Å². The van der Waals surface area contributed by atoms with Gasteiger partial charge in [0.05, 0.1) is 11.2 Å². The lowest BCUT2D eigenvalue weighted by molar-refractivity contribution is 0.282. The zero-order valence-electron chi connectivity index (χ0n) is 11.0. The number of hydrogen-bond donors (Lipinski definition) is 1. The molecule has 1 rings (SSSR count). The molecule has 1 heterocycles. The Hall–Kier alpha value is -0.830. The van der Waals surface area contributed by atoms with E-state index >= 15 is 0 Å². The molecular weight excluding hydrogens is 200 g/mol. The number of aliphatic hydroxyl groups excluding tert-OH is 1. The lowest BCUT2D eigenvalue weighted by atomic mass is 10.1. The first-order valence-corrected chi connectivity index (χ1v) is 6.18. The molecule has 0 aromatic carbocycles. The van der Waals surface area contributed by atoms with Crippen LogP contribution in [0.3, 0.4) is 0 Å². The van der Waals surface area contributed by atoms with Crippen LogP contribution < -0.4 is 0 Å². The maximum atomic E-state index is 8.90. The van der Waals surface area contributed by atoms with Gasteiger partial charge in [-0.1, -0.05) is 13.3 Å². The van der Waals surface area contributed by atoms with Crippen LogP contribution in [0.5, 0.6) is 0 Å². The summed E-state index contributed by atoms with van der Waals surface area (Å²) in [6.45, 7) is 8.91. The van der Waals surface area contributed by atoms with E-state index in [0.717, 1.165) is 25.7 Å². The predicted molar refractivity (Wildman–Crippen MR) is 66.6 cm³/mol. The van der Waals surface area contributed by atoms with Crippen molar-refractivity contribution in [3.63, 3.8) is 0 Å². The highest BCUT2D eigenvalue weighted by molar-refractivity contribution is 5.12. The molecule has 0 radical (unpaired) electrons. The molecule has 0 atom stereocenters. The summed E-state index contributed by atoms with van der Waals surface area (Å²) in [5.74, 6) is 0. The minimum atomic E-state index is 0.0246. The molecule has 0 saturated heterocycles. The first-order chi connectivity index (χ1) is 7.49. The normalized spacial score (nSPS) is 12.1. The van der Waals surface area contributed by atoms with E-state index in [9.17, 15) is 0 Å². The SMILES string of the molecule is CCCc1cc(CCCO)n(C(C)(C)C)n1. The Morgan fingerprint density at radius 3 is 2.50 bits per heavy atom. The Bertz CT molecular complexity index is 323. The Labute approximate surface area is 98.5 Å². The molecule has 3 nitrogen and oxygen atoms in total. The minimum Gasteiger partial charge on any atom is -0.396 e. The fraction of sp³-hybridized carbons (Fsp3) is 0.769. The molecule has 3 heteroatoms. The van der Waals surface area contributed by atoms with Gasteiger partial charge in [0.15, 0.2) is 0 Å². The van der Waals surface area contributed by atoms with Crippen LogP contribution in [0.2, 0.25) is 0 Å². The number of aryl methyl sites for hydroxylation is 2. The number of aliphatic hydroxyl groups is 1. The maximum absolute atomic E-state index is 8.90. The van der Waals surface area contributed by atoms with Gasteiger partial charge in [-0.3, -0.25) is 4.68 Å². The Balaban J connectivity index is 2.93. The van der Waals surface area contributed by atoms with Gasteiger partial charge in [-0.25, -0.2) is 0 Å². The van der Waals surface area contributed by atoms with Crippen LogP contribution in [-0.2, 0) is 18.4 Å². The highest BCUT2D eigenvalue weighted by Gasteiger charge is 2.18. The quantitative estimate of drug-likeness (QED) is 0.834. The van der Waals surface area contributed by atoms with Crippen LogP contribution in [0.4, 0.5) is 0 Å². The Morgan fingerprint density at radius 1 is 1.31 bits per heavy atom. The standard InChI is InChI=1S/C13H24N2O/c1-5-7-11-10-12(8-6-9-16)15(14-11)13(2,3)4/h10,16H,5-9H2,1-4H3. The van der Waals surface area contributed by atoms with Crippen LogP contribution in [0.15, 0.2) is 6.07 Å². The summed E-state index contributed by atoms with van der Waals surface area (Å²) < 4.78 is 2.10. The van der Waals surface area contributed by atoms with Crippen LogP contribution in [0.1, 0.15) is 51.9 Å². The van der Waals surface area contributed by atoms with Crippen molar-refractivity contribution in [1.29, 1.82) is 0 Å². The van der Waals surface area contributed by atoms with E-state index in [1.54, 1.807) is 0 Å². The molecule has 16 heavy (non-hydrogen) atoms. The van der Waals surface area contributed by atoms with Gasteiger partial charge in [-0.05, 0) is 46.1 Å². The molecule has 0 bridgehead atoms. The molecule has 0 aliphatic heterocycles. The summed E-state index contributed by atoms with van der Waals surface area (Å²) in [4.78, 5) is 0. The van der Waals surface area contributed by atoms with E-state index < -0.39 is 0 Å². The summed E-state index contributed by atoms with van der Waals surface area (Å²) in [5.41, 5.74) is 2.44. The van der Waals surface area contributed by atoms with Gasteiger partial charge in [0.1, 0.15) is 0 Å². The van der Waals surface area contributed by atoms with Gasteiger partial charge in [0, 0.05) is 12.3 Å². The molecule has 92 valence electrons. The van der Waals surface area contributed by atoms with E-state index in [-0.39, 0.29) is 12.1 Å². The van der Waals surface area contributed by atoms with E-state index in [2.05, 4.69) is 43.5 Å². The van der Waals surface area contributed by atoms with Crippen LogP contribution in [-0.4, -0.2) is 21.5 Å². The molecule has 0 saturated carbocycles. The van der Waals surface area contributed by atoms with Crippen molar-refractivity contribution in [3.05, 3.63) is 17.5 Å². The zero-order valence-corrected chi connectivity index (χ0v) is 11.0. The third-order valence-electron chi connectivity index (χ3n) is 2.57. The zero-order chi connectivity index (χ0) is 12.2. The lowest BCUT2D eigenvalue weighted by Crippen LogP contribution is -2.25. The smallest absolute Gasteiger partial charge is 0.0627 e. The fourth-order valence-corrected chi connectivity index (χ4v) is 1.87. The van der Waals surface area contributed by atoms with Gasteiger partial charge < -0.3 is 5.11 Å². The monoisotopic (exact) mass is 224 g/mol. The molecule has 0 unspecified atom stereocenters. The first-order valence-electron chi connectivity index (χ1n) is 6.18. The second kappa shape index (κ2) is 5.48. The molecule has 1 aromatic rings. The third kappa shape index (κ3) is 3.34. The van der Waals surface area contributed by atoms with Crippen molar-refractivity contribution < 1.29 is 5.11 Å². The van der Waals surface area contributed by atoms with E-state index in [1.807, 2.05) is 0 Å². The molecule has 0 aliphatic rings. The number of aromatic nitrogens is 2. The predicted octanol–water partition coefficient (Wildman–Crippen LogP) is 2.52. The molecule has 1 N–H and O–H groups in total. The number of nitrogens with zero attached hydrogens (tertiary/aromatic N) is 2. The van der Waals surface area contributed by atoms with Gasteiger partial charge >= 0.3 is 0 Å². The molecule has 0 aliphatic carbocycles. The fourth-order valence-electron chi connectivity index (χ4n) is 1.87. The highest BCUT2D eigenvalue weighted by atomic mass is 16.2. The second-order valence-electron chi connectivity index (χ2n) is 5.29. The summed E-state index contributed by atoms with van der Waals surface area (Å²) in [7, 11) is 0. The van der Waals surface area contributed by atoms with Crippen molar-refractivity contribution in [2.75, 3.05) is 6.61 Å². The average molecular weight is 224 g/mol. The molecule has 0 spiro atoms. The lowest BCUT2D eigenvalue weighted by Gasteiger charge is -2.22. The van der Waals surface area contributed by atoms with Crippen LogP contribution in [0.25, 0.3) is 0 Å². The van der Waals surface area contributed by atoms with Gasteiger partial charge in [-0.2, -0.15) is 5.10 Å². The summed E-state index contributed by atoms with van der Waals surface area (Å²) in [6.07, 6.45) is 3.88. The molecule has 0 fully saturated rings. The van der Waals surface area contributed by atoms with Crippen molar-refractivity contribution in [2.24, 2.45) is 0 Å². The van der Waals surface area contributed by atoms with E-state index in [4.69, 9.17) is 5.11 Å². The van der Waals surface area contributed by atoms with Crippen molar-refractivity contribution in [2.45, 2.75) is 58.9 Å². The highest BCUT2D eigenvalue weighted by Crippen LogP contribution is 2.19. The largest absolute Gasteiger partial charge is 0.396 e. The van der Waals surface area contributed by atoms with Crippen molar-refractivity contribution >= 4 is 0 Å². The second-order valence-corrected chi connectivity index (χ2v) is 5.29. The number of rotatable bonds is 5. The maximum Gasteiger partial charge on any atom is 0.0627 e. The topological polar surface area (TPSA) is 38.0 Å². The van der Waals surface area contributed by atoms with Crippen LogP contribution in [0, 0.1) is 0 Å². The van der Waals surface area contributed by atoms with Crippen molar-refractivity contribution in [3.8, 4) is 0 Å².